The maximum absolute atomic E-state index is 12.7. The number of rotatable bonds is 6. The van der Waals surface area contributed by atoms with Crippen LogP contribution >= 0.6 is 22.6 Å². The van der Waals surface area contributed by atoms with Gasteiger partial charge in [0.25, 0.3) is 0 Å². The molecule has 0 saturated carbocycles. The van der Waals surface area contributed by atoms with Crippen molar-refractivity contribution in [1.82, 2.24) is 4.90 Å². The predicted molar refractivity (Wildman–Crippen MR) is 116 cm³/mol. The highest BCUT2D eigenvalue weighted by Crippen LogP contribution is 2.44. The zero-order chi connectivity index (χ0) is 20.4. The summed E-state index contributed by atoms with van der Waals surface area (Å²) in [6.07, 6.45) is 1.28. The first-order chi connectivity index (χ1) is 14.1. The van der Waals surface area contributed by atoms with Crippen LogP contribution in [0.25, 0.3) is 11.1 Å². The van der Waals surface area contributed by atoms with Gasteiger partial charge >= 0.3 is 12.1 Å². The number of alkyl halides is 1. The summed E-state index contributed by atoms with van der Waals surface area (Å²) in [4.78, 5) is 25.3. The van der Waals surface area contributed by atoms with Crippen LogP contribution in [0.2, 0.25) is 0 Å². The van der Waals surface area contributed by atoms with Crippen LogP contribution in [0.1, 0.15) is 29.9 Å². The van der Waals surface area contributed by atoms with Gasteiger partial charge in [-0.2, -0.15) is 0 Å². The van der Waals surface area contributed by atoms with Crippen LogP contribution in [0, 0.1) is 0 Å². The number of carbonyl (C=O) groups is 2. The number of benzene rings is 2. The van der Waals surface area contributed by atoms with Crippen molar-refractivity contribution in [3.05, 3.63) is 59.7 Å². The average molecular weight is 507 g/mol. The summed E-state index contributed by atoms with van der Waals surface area (Å²) in [5.74, 6) is -0.995. The molecule has 4 rings (SSSR count). The number of carboxylic acid groups (broad SMARTS) is 1. The van der Waals surface area contributed by atoms with Crippen molar-refractivity contribution >= 4 is 34.7 Å². The molecule has 0 spiro atoms. The van der Waals surface area contributed by atoms with Crippen LogP contribution in [-0.4, -0.2) is 52.0 Å². The lowest BCUT2D eigenvalue weighted by Crippen LogP contribution is -2.40. The quantitative estimate of drug-likeness (QED) is 0.467. The number of hydrogen-bond donors (Lipinski definition) is 1. The molecular formula is C22H22INO5. The molecule has 2 aromatic rings. The van der Waals surface area contributed by atoms with E-state index < -0.39 is 10.1 Å². The van der Waals surface area contributed by atoms with Crippen molar-refractivity contribution in [2.24, 2.45) is 0 Å². The Morgan fingerprint density at radius 2 is 1.69 bits per heavy atom. The number of hydrogen-bond acceptors (Lipinski definition) is 4. The van der Waals surface area contributed by atoms with Gasteiger partial charge in [0.05, 0.1) is 12.6 Å². The van der Waals surface area contributed by atoms with Gasteiger partial charge in [0, 0.05) is 12.5 Å². The Bertz CT molecular complexity index is 872. The molecule has 6 nitrogen and oxygen atoms in total. The number of likely N-dealkylation sites (tertiary alicyclic amines) is 1. The third kappa shape index (κ3) is 4.11. The summed E-state index contributed by atoms with van der Waals surface area (Å²) in [5, 5.41) is 8.96. The fourth-order valence-corrected chi connectivity index (χ4v) is 4.40. The Morgan fingerprint density at radius 1 is 1.07 bits per heavy atom. The largest absolute Gasteiger partial charge is 0.479 e. The summed E-state index contributed by atoms with van der Waals surface area (Å²) in [7, 11) is 0. The van der Waals surface area contributed by atoms with Crippen molar-refractivity contribution in [3.8, 4) is 11.1 Å². The number of fused-ring (bicyclic) bond motifs is 3. The second-order valence-corrected chi connectivity index (χ2v) is 8.41. The third-order valence-corrected chi connectivity index (χ3v) is 6.47. The van der Waals surface area contributed by atoms with Gasteiger partial charge in [-0.25, -0.2) is 9.59 Å². The van der Waals surface area contributed by atoms with E-state index in [1.807, 2.05) is 24.3 Å². The first-order valence-electron chi connectivity index (χ1n) is 9.66. The first-order valence-corrected chi connectivity index (χ1v) is 10.9. The third-order valence-electron chi connectivity index (χ3n) is 5.58. The summed E-state index contributed by atoms with van der Waals surface area (Å²) in [6, 6.07) is 16.3. The van der Waals surface area contributed by atoms with Crippen LogP contribution < -0.4 is 0 Å². The minimum atomic E-state index is -1.02. The van der Waals surface area contributed by atoms with E-state index in [4.69, 9.17) is 14.6 Å². The maximum Gasteiger partial charge on any atom is 0.410 e. The summed E-state index contributed by atoms with van der Waals surface area (Å²) in [5.41, 5.74) is 4.74. The average Bonchev–Trinajstić information content (AvgIpc) is 3.33. The number of carboxylic acids is 1. The number of ether oxygens (including phenoxy) is 2. The molecule has 0 bridgehead atoms. The number of aliphatic carboxylic acids is 1. The molecule has 7 heteroatoms. The summed E-state index contributed by atoms with van der Waals surface area (Å²) >= 11 is 1.73. The Labute approximate surface area is 182 Å². The van der Waals surface area contributed by atoms with Gasteiger partial charge in [0.2, 0.25) is 4.11 Å². The van der Waals surface area contributed by atoms with E-state index >= 15 is 0 Å². The number of halogens is 1. The van der Waals surface area contributed by atoms with E-state index in [1.165, 1.54) is 22.3 Å². The maximum atomic E-state index is 12.7. The monoisotopic (exact) mass is 507 g/mol. The molecule has 2 aromatic carbocycles. The number of nitrogens with zero attached hydrogens (tertiary/aromatic N) is 1. The lowest BCUT2D eigenvalue weighted by atomic mass is 9.98. The van der Waals surface area contributed by atoms with Gasteiger partial charge in [-0.3, -0.25) is 0 Å². The van der Waals surface area contributed by atoms with Crippen LogP contribution in [0.5, 0.6) is 0 Å². The van der Waals surface area contributed by atoms with Crippen LogP contribution in [0.15, 0.2) is 48.5 Å². The zero-order valence-electron chi connectivity index (χ0n) is 15.8. The van der Waals surface area contributed by atoms with E-state index in [2.05, 4.69) is 24.3 Å². The molecule has 29 heavy (non-hydrogen) atoms. The molecule has 1 aliphatic carbocycles. The van der Waals surface area contributed by atoms with Crippen LogP contribution in [-0.2, 0) is 14.3 Å². The van der Waals surface area contributed by atoms with Crippen molar-refractivity contribution in [2.75, 3.05) is 19.8 Å². The molecule has 152 valence electrons. The smallest absolute Gasteiger partial charge is 0.410 e. The molecule has 1 aliphatic heterocycles. The highest BCUT2D eigenvalue weighted by atomic mass is 127. The summed E-state index contributed by atoms with van der Waals surface area (Å²) in [6.45, 7) is 1.08. The molecule has 2 unspecified atom stereocenters. The zero-order valence-corrected chi connectivity index (χ0v) is 17.9. The number of carbonyl (C=O) groups excluding carboxylic acids is 1. The van der Waals surface area contributed by atoms with E-state index in [9.17, 15) is 9.59 Å². The minimum Gasteiger partial charge on any atom is -0.479 e. The van der Waals surface area contributed by atoms with E-state index in [0.29, 0.717) is 6.54 Å². The number of amides is 1. The molecule has 1 N–H and O–H groups in total. The van der Waals surface area contributed by atoms with Gasteiger partial charge in [-0.05, 0) is 57.7 Å². The van der Waals surface area contributed by atoms with Gasteiger partial charge < -0.3 is 19.5 Å². The molecule has 2 atom stereocenters. The topological polar surface area (TPSA) is 76.1 Å². The van der Waals surface area contributed by atoms with E-state index in [-0.39, 0.29) is 31.3 Å². The highest BCUT2D eigenvalue weighted by Gasteiger charge is 2.33. The second-order valence-electron chi connectivity index (χ2n) is 7.28. The van der Waals surface area contributed by atoms with Crippen molar-refractivity contribution < 1.29 is 24.2 Å². The molecular weight excluding hydrogens is 485 g/mol. The Kier molecular flexibility index (Phi) is 6.05. The second kappa shape index (κ2) is 8.71. The molecule has 1 amide bonds. The predicted octanol–water partition coefficient (Wildman–Crippen LogP) is 4.26. The van der Waals surface area contributed by atoms with Crippen LogP contribution in [0.4, 0.5) is 4.79 Å². The van der Waals surface area contributed by atoms with Crippen molar-refractivity contribution in [3.63, 3.8) is 0 Å². The fourth-order valence-electron chi connectivity index (χ4n) is 4.19. The van der Waals surface area contributed by atoms with Crippen LogP contribution in [0.3, 0.4) is 0 Å². The molecule has 1 saturated heterocycles. The Balaban J connectivity index is 1.41. The van der Waals surface area contributed by atoms with Gasteiger partial charge in [-0.1, -0.05) is 48.5 Å². The van der Waals surface area contributed by atoms with Crippen molar-refractivity contribution in [2.45, 2.75) is 28.9 Å². The van der Waals surface area contributed by atoms with Gasteiger partial charge in [0.15, 0.2) is 0 Å². The molecule has 1 heterocycles. The molecule has 1 fully saturated rings. The van der Waals surface area contributed by atoms with Gasteiger partial charge in [-0.15, -0.1) is 0 Å². The normalized spacial score (nSPS) is 18.9. The lowest BCUT2D eigenvalue weighted by molar-refractivity contribution is -0.143. The van der Waals surface area contributed by atoms with E-state index in [1.54, 1.807) is 27.5 Å². The lowest BCUT2D eigenvalue weighted by Gasteiger charge is -2.25. The summed E-state index contributed by atoms with van der Waals surface area (Å²) < 4.78 is 10.2. The minimum absolute atomic E-state index is 0.0226. The molecule has 2 aliphatic rings. The SMILES string of the molecule is O=C(O)C(I)OCC1CCCN1C(=O)OCC1c2ccccc2-c2ccccc21. The Hall–Kier alpha value is -2.13. The van der Waals surface area contributed by atoms with E-state index in [0.717, 1.165) is 12.8 Å². The Morgan fingerprint density at radius 3 is 2.31 bits per heavy atom. The first kappa shape index (κ1) is 20.2. The highest BCUT2D eigenvalue weighted by molar-refractivity contribution is 14.1. The molecule has 0 aromatic heterocycles. The standard InChI is InChI=1S/C22H22INO5/c23-20(21(25)26)28-12-14-6-5-11-24(14)22(27)29-13-19-17-9-3-1-7-15(17)16-8-2-4-10-18(16)19/h1-4,7-10,14,19-20H,5-6,11-13H2,(H,25,26). The molecule has 0 radical (unpaired) electrons. The van der Waals surface area contributed by atoms with Crippen molar-refractivity contribution in [1.29, 1.82) is 0 Å². The fraction of sp³-hybridized carbons (Fsp3) is 0.364. The van der Waals surface area contributed by atoms with Gasteiger partial charge in [0.1, 0.15) is 6.61 Å².